The van der Waals surface area contributed by atoms with E-state index in [1.807, 2.05) is 19.1 Å². The van der Waals surface area contributed by atoms with E-state index in [1.54, 1.807) is 29.2 Å². The number of benzene rings is 1. The molecule has 2 heterocycles. The molecular formula is C18H18N2O3. The molecule has 0 bridgehead atoms. The second-order valence-corrected chi connectivity index (χ2v) is 5.59. The van der Waals surface area contributed by atoms with Crippen LogP contribution >= 0.6 is 0 Å². The van der Waals surface area contributed by atoms with Crippen LogP contribution in [-0.4, -0.2) is 24.0 Å². The zero-order valence-electron chi connectivity index (χ0n) is 13.0. The summed E-state index contributed by atoms with van der Waals surface area (Å²) in [6, 6.07) is 12.8. The number of hydrogen-bond donors (Lipinski definition) is 0. The van der Waals surface area contributed by atoms with Crippen LogP contribution in [0.15, 0.2) is 40.8 Å². The van der Waals surface area contributed by atoms with E-state index >= 15 is 0 Å². The SMILES string of the molecule is Cc1ccc(C2CCCN2C(=O)COc2ccccc2C#N)o1. The van der Waals surface area contributed by atoms with Gasteiger partial charge in [-0.3, -0.25) is 4.79 Å². The number of carbonyl (C=O) groups is 1. The van der Waals surface area contributed by atoms with Gasteiger partial charge in [-0.2, -0.15) is 5.26 Å². The van der Waals surface area contributed by atoms with Crippen molar-refractivity contribution in [3.63, 3.8) is 0 Å². The van der Waals surface area contributed by atoms with Crippen LogP contribution in [-0.2, 0) is 4.79 Å². The largest absolute Gasteiger partial charge is 0.482 e. The molecule has 23 heavy (non-hydrogen) atoms. The van der Waals surface area contributed by atoms with E-state index in [9.17, 15) is 4.79 Å². The summed E-state index contributed by atoms with van der Waals surface area (Å²) in [5.41, 5.74) is 0.430. The number of furan rings is 1. The van der Waals surface area contributed by atoms with E-state index in [0.29, 0.717) is 17.9 Å². The van der Waals surface area contributed by atoms with Crippen LogP contribution in [0.5, 0.6) is 5.75 Å². The molecule has 1 unspecified atom stereocenters. The highest BCUT2D eigenvalue weighted by Gasteiger charge is 2.32. The van der Waals surface area contributed by atoms with Crippen molar-refractivity contribution in [2.24, 2.45) is 0 Å². The molecule has 1 aromatic heterocycles. The lowest BCUT2D eigenvalue weighted by atomic mass is 10.1. The standard InChI is InChI=1S/C18H18N2O3/c1-13-8-9-17(23-13)15-6-4-10-20(15)18(21)12-22-16-7-3-2-5-14(16)11-19/h2-3,5,7-9,15H,4,6,10,12H2,1H3. The van der Waals surface area contributed by atoms with Crippen LogP contribution in [0.3, 0.4) is 0 Å². The Balaban J connectivity index is 1.67. The summed E-state index contributed by atoms with van der Waals surface area (Å²) < 4.78 is 11.2. The van der Waals surface area contributed by atoms with Crippen LogP contribution < -0.4 is 4.74 Å². The molecule has 1 aliphatic rings. The minimum Gasteiger partial charge on any atom is -0.482 e. The lowest BCUT2D eigenvalue weighted by molar-refractivity contribution is -0.134. The fraction of sp³-hybridized carbons (Fsp3) is 0.333. The van der Waals surface area contributed by atoms with Gasteiger partial charge in [0.2, 0.25) is 0 Å². The van der Waals surface area contributed by atoms with Gasteiger partial charge in [0, 0.05) is 6.54 Å². The van der Waals surface area contributed by atoms with Crippen molar-refractivity contribution in [1.82, 2.24) is 4.90 Å². The topological polar surface area (TPSA) is 66.5 Å². The predicted octanol–water partition coefficient (Wildman–Crippen LogP) is 3.20. The molecule has 0 spiro atoms. The van der Waals surface area contributed by atoms with Gasteiger partial charge in [0.1, 0.15) is 23.3 Å². The lowest BCUT2D eigenvalue weighted by Crippen LogP contribution is -2.34. The Labute approximate surface area is 135 Å². The molecule has 1 amide bonds. The summed E-state index contributed by atoms with van der Waals surface area (Å²) in [7, 11) is 0. The highest BCUT2D eigenvalue weighted by atomic mass is 16.5. The molecule has 1 aliphatic heterocycles. The quantitative estimate of drug-likeness (QED) is 0.869. The molecule has 2 aromatic rings. The fourth-order valence-electron chi connectivity index (χ4n) is 2.90. The molecule has 118 valence electrons. The molecule has 5 heteroatoms. The van der Waals surface area contributed by atoms with Gasteiger partial charge in [0.05, 0.1) is 11.6 Å². The second-order valence-electron chi connectivity index (χ2n) is 5.59. The summed E-state index contributed by atoms with van der Waals surface area (Å²) in [5.74, 6) is 2.02. The van der Waals surface area contributed by atoms with Crippen molar-refractivity contribution in [3.8, 4) is 11.8 Å². The maximum absolute atomic E-state index is 12.5. The third-order valence-corrected chi connectivity index (χ3v) is 4.02. The number of amides is 1. The fourth-order valence-corrected chi connectivity index (χ4v) is 2.90. The zero-order chi connectivity index (χ0) is 16.2. The number of rotatable bonds is 4. The van der Waals surface area contributed by atoms with Crippen molar-refractivity contribution >= 4 is 5.91 Å². The first-order valence-corrected chi connectivity index (χ1v) is 7.67. The summed E-state index contributed by atoms with van der Waals surface area (Å²) in [5, 5.41) is 9.05. The Hall–Kier alpha value is -2.74. The Bertz CT molecular complexity index is 745. The average Bonchev–Trinajstić information content (AvgIpc) is 3.21. The number of nitrogens with zero attached hydrogens (tertiary/aromatic N) is 2. The van der Waals surface area contributed by atoms with Crippen LogP contribution in [0.2, 0.25) is 0 Å². The maximum atomic E-state index is 12.5. The van der Waals surface area contributed by atoms with Gasteiger partial charge in [-0.05, 0) is 44.0 Å². The molecule has 3 rings (SSSR count). The highest BCUT2D eigenvalue weighted by molar-refractivity contribution is 5.78. The Kier molecular flexibility index (Phi) is 4.33. The van der Waals surface area contributed by atoms with Gasteiger partial charge < -0.3 is 14.1 Å². The van der Waals surface area contributed by atoms with E-state index in [0.717, 1.165) is 24.4 Å². The van der Waals surface area contributed by atoms with Gasteiger partial charge in [0.25, 0.3) is 5.91 Å². The molecular weight excluding hydrogens is 292 g/mol. The molecule has 1 saturated heterocycles. The smallest absolute Gasteiger partial charge is 0.261 e. The first kappa shape index (κ1) is 15.2. The van der Waals surface area contributed by atoms with Crippen LogP contribution in [0.1, 0.15) is 36.0 Å². The first-order chi connectivity index (χ1) is 11.2. The summed E-state index contributed by atoms with van der Waals surface area (Å²) >= 11 is 0. The molecule has 0 radical (unpaired) electrons. The van der Waals surface area contributed by atoms with Crippen LogP contribution in [0.4, 0.5) is 0 Å². The summed E-state index contributed by atoms with van der Waals surface area (Å²) in [6.45, 7) is 2.52. The van der Waals surface area contributed by atoms with Crippen molar-refractivity contribution in [2.45, 2.75) is 25.8 Å². The van der Waals surface area contributed by atoms with Gasteiger partial charge in [0.15, 0.2) is 6.61 Å². The van der Waals surface area contributed by atoms with Crippen molar-refractivity contribution in [1.29, 1.82) is 5.26 Å². The average molecular weight is 310 g/mol. The number of likely N-dealkylation sites (tertiary alicyclic amines) is 1. The molecule has 1 atom stereocenters. The van der Waals surface area contributed by atoms with E-state index < -0.39 is 0 Å². The Morgan fingerprint density at radius 3 is 2.96 bits per heavy atom. The third kappa shape index (κ3) is 3.21. The van der Waals surface area contributed by atoms with Gasteiger partial charge in [-0.15, -0.1) is 0 Å². The summed E-state index contributed by atoms with van der Waals surface area (Å²) in [6.07, 6.45) is 1.85. The number of carbonyl (C=O) groups excluding carboxylic acids is 1. The molecule has 0 saturated carbocycles. The van der Waals surface area contributed by atoms with Gasteiger partial charge >= 0.3 is 0 Å². The number of aryl methyl sites for hydroxylation is 1. The third-order valence-electron chi connectivity index (χ3n) is 4.02. The summed E-state index contributed by atoms with van der Waals surface area (Å²) in [4.78, 5) is 14.3. The van der Waals surface area contributed by atoms with Gasteiger partial charge in [-0.1, -0.05) is 12.1 Å². The molecule has 1 fully saturated rings. The highest BCUT2D eigenvalue weighted by Crippen LogP contribution is 2.33. The van der Waals surface area contributed by atoms with Crippen LogP contribution in [0.25, 0.3) is 0 Å². The number of hydrogen-bond acceptors (Lipinski definition) is 4. The van der Waals surface area contributed by atoms with E-state index in [1.165, 1.54) is 0 Å². The normalized spacial score (nSPS) is 17.0. The van der Waals surface area contributed by atoms with E-state index in [2.05, 4.69) is 6.07 Å². The zero-order valence-corrected chi connectivity index (χ0v) is 13.0. The number of ether oxygens (including phenoxy) is 1. The first-order valence-electron chi connectivity index (χ1n) is 7.67. The lowest BCUT2D eigenvalue weighted by Gasteiger charge is -2.23. The molecule has 0 aliphatic carbocycles. The maximum Gasteiger partial charge on any atom is 0.261 e. The second kappa shape index (κ2) is 6.57. The van der Waals surface area contributed by atoms with Crippen molar-refractivity contribution < 1.29 is 13.9 Å². The minimum atomic E-state index is -0.0886. The van der Waals surface area contributed by atoms with Gasteiger partial charge in [-0.25, -0.2) is 0 Å². The number of nitriles is 1. The van der Waals surface area contributed by atoms with Crippen molar-refractivity contribution in [2.75, 3.05) is 13.2 Å². The minimum absolute atomic E-state index is 0.0222. The Morgan fingerprint density at radius 2 is 2.22 bits per heavy atom. The van der Waals surface area contributed by atoms with Crippen LogP contribution in [0, 0.1) is 18.3 Å². The Morgan fingerprint density at radius 1 is 1.39 bits per heavy atom. The predicted molar refractivity (Wildman–Crippen MR) is 83.8 cm³/mol. The molecule has 0 N–H and O–H groups in total. The monoisotopic (exact) mass is 310 g/mol. The van der Waals surface area contributed by atoms with E-state index in [-0.39, 0.29) is 18.6 Å². The molecule has 5 nitrogen and oxygen atoms in total. The molecule has 1 aromatic carbocycles. The van der Waals surface area contributed by atoms with E-state index in [4.69, 9.17) is 14.4 Å². The number of para-hydroxylation sites is 1. The van der Waals surface area contributed by atoms with Crippen molar-refractivity contribution in [3.05, 3.63) is 53.5 Å².